The van der Waals surface area contributed by atoms with Gasteiger partial charge in [-0.05, 0) is 32.6 Å². The molecule has 0 aromatic carbocycles. The monoisotopic (exact) mass is 293 g/mol. The quantitative estimate of drug-likeness (QED) is 0.932. The summed E-state index contributed by atoms with van der Waals surface area (Å²) in [6.45, 7) is 3.38. The Morgan fingerprint density at radius 3 is 2.80 bits per heavy atom. The van der Waals surface area contributed by atoms with E-state index in [9.17, 15) is 4.79 Å². The van der Waals surface area contributed by atoms with Crippen molar-refractivity contribution in [2.24, 2.45) is 5.73 Å². The zero-order valence-electron chi connectivity index (χ0n) is 12.1. The molecule has 2 aliphatic rings. The fourth-order valence-corrected chi connectivity index (χ4v) is 4.63. The van der Waals surface area contributed by atoms with Gasteiger partial charge in [-0.25, -0.2) is 4.98 Å². The van der Waals surface area contributed by atoms with Gasteiger partial charge in [0, 0.05) is 25.0 Å². The smallest absolute Gasteiger partial charge is 0.266 e. The first-order valence-electron chi connectivity index (χ1n) is 7.69. The molecule has 1 aliphatic carbocycles. The minimum Gasteiger partial charge on any atom is -0.334 e. The van der Waals surface area contributed by atoms with Crippen molar-refractivity contribution in [1.29, 1.82) is 0 Å². The van der Waals surface area contributed by atoms with Gasteiger partial charge in [0.1, 0.15) is 4.88 Å². The van der Waals surface area contributed by atoms with Gasteiger partial charge < -0.3 is 10.6 Å². The van der Waals surface area contributed by atoms with Crippen molar-refractivity contribution >= 4 is 17.2 Å². The maximum atomic E-state index is 12.7. The van der Waals surface area contributed by atoms with Crippen molar-refractivity contribution in [3.8, 4) is 0 Å². The summed E-state index contributed by atoms with van der Waals surface area (Å²) in [5.41, 5.74) is 6.68. The summed E-state index contributed by atoms with van der Waals surface area (Å²) in [5, 5.41) is 1.17. The maximum absolute atomic E-state index is 12.7. The van der Waals surface area contributed by atoms with Gasteiger partial charge in [0.25, 0.3) is 5.91 Å². The highest BCUT2D eigenvalue weighted by Crippen LogP contribution is 2.37. The molecule has 20 heavy (non-hydrogen) atoms. The molecule has 1 aromatic rings. The summed E-state index contributed by atoms with van der Waals surface area (Å²) < 4.78 is 0. The van der Waals surface area contributed by atoms with E-state index in [1.54, 1.807) is 11.3 Å². The topological polar surface area (TPSA) is 59.2 Å². The first-order chi connectivity index (χ1) is 9.70. The second-order valence-electron chi connectivity index (χ2n) is 5.98. The predicted molar refractivity (Wildman–Crippen MR) is 81.2 cm³/mol. The van der Waals surface area contributed by atoms with Gasteiger partial charge in [-0.2, -0.15) is 0 Å². The van der Waals surface area contributed by atoms with Crippen molar-refractivity contribution < 1.29 is 4.79 Å². The minimum atomic E-state index is 0.150. The number of nitrogens with zero attached hydrogens (tertiary/aromatic N) is 2. The Balaban J connectivity index is 1.80. The number of hydrogen-bond acceptors (Lipinski definition) is 4. The first kappa shape index (κ1) is 14.0. The molecular formula is C15H23N3OS. The maximum Gasteiger partial charge on any atom is 0.266 e. The molecule has 1 amide bonds. The van der Waals surface area contributed by atoms with E-state index in [2.05, 4.69) is 4.98 Å². The van der Waals surface area contributed by atoms with Crippen molar-refractivity contribution in [3.05, 3.63) is 15.6 Å². The largest absolute Gasteiger partial charge is 0.334 e. The summed E-state index contributed by atoms with van der Waals surface area (Å²) in [6.07, 6.45) is 7.17. The third-order valence-electron chi connectivity index (χ3n) is 4.62. The standard InChI is InChI=1S/C15H23N3OS/c1-10-13(15(19)18-8-4-7-12(18)9-16)20-14(17-10)11-5-2-3-6-11/h11-12H,2-9,16H2,1H3. The SMILES string of the molecule is Cc1nc(C2CCCC2)sc1C(=O)N1CCCC1CN. The van der Waals surface area contributed by atoms with Crippen LogP contribution in [0.15, 0.2) is 0 Å². The van der Waals surface area contributed by atoms with E-state index >= 15 is 0 Å². The van der Waals surface area contributed by atoms with E-state index in [4.69, 9.17) is 5.73 Å². The number of carbonyl (C=O) groups excluding carboxylic acids is 1. The van der Waals surface area contributed by atoms with Crippen molar-refractivity contribution in [2.75, 3.05) is 13.1 Å². The second kappa shape index (κ2) is 5.82. The van der Waals surface area contributed by atoms with E-state index in [1.807, 2.05) is 11.8 Å². The van der Waals surface area contributed by atoms with Crippen LogP contribution >= 0.6 is 11.3 Å². The molecule has 2 N–H and O–H groups in total. The van der Waals surface area contributed by atoms with Crippen molar-refractivity contribution in [3.63, 3.8) is 0 Å². The lowest BCUT2D eigenvalue weighted by molar-refractivity contribution is 0.0745. The molecule has 1 saturated carbocycles. The highest BCUT2D eigenvalue weighted by molar-refractivity contribution is 7.13. The molecule has 2 fully saturated rings. The van der Waals surface area contributed by atoms with Gasteiger partial charge in [-0.15, -0.1) is 11.3 Å². The molecule has 1 unspecified atom stereocenters. The minimum absolute atomic E-state index is 0.150. The van der Waals surface area contributed by atoms with Gasteiger partial charge >= 0.3 is 0 Å². The van der Waals surface area contributed by atoms with E-state index < -0.39 is 0 Å². The number of amides is 1. The lowest BCUT2D eigenvalue weighted by atomic mass is 10.1. The van der Waals surface area contributed by atoms with E-state index in [-0.39, 0.29) is 11.9 Å². The molecule has 0 bridgehead atoms. The Labute approximate surface area is 124 Å². The number of carbonyl (C=O) groups is 1. The zero-order chi connectivity index (χ0) is 14.1. The third-order valence-corrected chi connectivity index (χ3v) is 5.93. The average Bonchev–Trinajstić information content (AvgIpc) is 3.17. The van der Waals surface area contributed by atoms with Crippen molar-refractivity contribution in [2.45, 2.75) is 57.4 Å². The fourth-order valence-electron chi connectivity index (χ4n) is 3.44. The van der Waals surface area contributed by atoms with E-state index in [0.717, 1.165) is 30.0 Å². The fraction of sp³-hybridized carbons (Fsp3) is 0.733. The molecule has 110 valence electrons. The van der Waals surface area contributed by atoms with Crippen LogP contribution < -0.4 is 5.73 Å². The molecular weight excluding hydrogens is 270 g/mol. The Morgan fingerprint density at radius 2 is 2.10 bits per heavy atom. The molecule has 0 spiro atoms. The molecule has 1 aromatic heterocycles. The summed E-state index contributed by atoms with van der Waals surface area (Å²) in [5.74, 6) is 0.737. The summed E-state index contributed by atoms with van der Waals surface area (Å²) >= 11 is 1.62. The number of aromatic nitrogens is 1. The van der Waals surface area contributed by atoms with E-state index in [0.29, 0.717) is 12.5 Å². The molecule has 1 aliphatic heterocycles. The van der Waals surface area contributed by atoms with Crippen LogP contribution in [0.1, 0.15) is 64.8 Å². The van der Waals surface area contributed by atoms with E-state index in [1.165, 1.54) is 30.7 Å². The second-order valence-corrected chi connectivity index (χ2v) is 7.01. The van der Waals surface area contributed by atoms with Gasteiger partial charge in [-0.1, -0.05) is 12.8 Å². The number of likely N-dealkylation sites (tertiary alicyclic amines) is 1. The average molecular weight is 293 g/mol. The summed E-state index contributed by atoms with van der Waals surface area (Å²) in [6, 6.07) is 0.221. The number of hydrogen-bond donors (Lipinski definition) is 1. The van der Waals surface area contributed by atoms with Crippen molar-refractivity contribution in [1.82, 2.24) is 9.88 Å². The van der Waals surface area contributed by atoms with Crippen LogP contribution in [-0.4, -0.2) is 34.9 Å². The molecule has 3 rings (SSSR count). The zero-order valence-corrected chi connectivity index (χ0v) is 12.9. The predicted octanol–water partition coefficient (Wildman–Crippen LogP) is 2.67. The molecule has 5 heteroatoms. The highest BCUT2D eigenvalue weighted by atomic mass is 32.1. The van der Waals surface area contributed by atoms with Gasteiger partial charge in [0.2, 0.25) is 0 Å². The molecule has 1 atom stereocenters. The van der Waals surface area contributed by atoms with Gasteiger partial charge in [0.05, 0.1) is 10.7 Å². The Hall–Kier alpha value is -0.940. The highest BCUT2D eigenvalue weighted by Gasteiger charge is 2.31. The normalized spacial score (nSPS) is 23.7. The lowest BCUT2D eigenvalue weighted by Crippen LogP contribution is -2.39. The Morgan fingerprint density at radius 1 is 1.35 bits per heavy atom. The third kappa shape index (κ3) is 2.49. The van der Waals surface area contributed by atoms with Crippen LogP contribution in [0, 0.1) is 6.92 Å². The molecule has 2 heterocycles. The number of aryl methyl sites for hydroxylation is 1. The molecule has 1 saturated heterocycles. The summed E-state index contributed by atoms with van der Waals surface area (Å²) in [4.78, 5) is 20.2. The van der Waals surface area contributed by atoms with Crippen LogP contribution in [0.5, 0.6) is 0 Å². The Bertz CT molecular complexity index is 493. The molecule has 4 nitrogen and oxygen atoms in total. The first-order valence-corrected chi connectivity index (χ1v) is 8.50. The number of rotatable bonds is 3. The van der Waals surface area contributed by atoms with Crippen LogP contribution in [0.4, 0.5) is 0 Å². The molecule has 0 radical (unpaired) electrons. The van der Waals surface area contributed by atoms with Crippen LogP contribution in [-0.2, 0) is 0 Å². The van der Waals surface area contributed by atoms with Gasteiger partial charge in [-0.3, -0.25) is 4.79 Å². The number of nitrogens with two attached hydrogens (primary N) is 1. The van der Waals surface area contributed by atoms with Crippen LogP contribution in [0.2, 0.25) is 0 Å². The number of thiazole rings is 1. The summed E-state index contributed by atoms with van der Waals surface area (Å²) in [7, 11) is 0. The van der Waals surface area contributed by atoms with Crippen LogP contribution in [0.25, 0.3) is 0 Å². The van der Waals surface area contributed by atoms with Gasteiger partial charge in [0.15, 0.2) is 0 Å². The Kier molecular flexibility index (Phi) is 4.08. The van der Waals surface area contributed by atoms with Crippen LogP contribution in [0.3, 0.4) is 0 Å². The lowest BCUT2D eigenvalue weighted by Gasteiger charge is -2.22.